The van der Waals surface area contributed by atoms with Crippen LogP contribution in [0.3, 0.4) is 0 Å². The Bertz CT molecular complexity index is 282. The Morgan fingerprint density at radius 1 is 1.75 bits per heavy atom. The Balaban J connectivity index is 2.69. The summed E-state index contributed by atoms with van der Waals surface area (Å²) < 4.78 is 1.93. The average molecular weight is 163 g/mol. The minimum atomic E-state index is 0.421. The van der Waals surface area contributed by atoms with Gasteiger partial charge < -0.3 is 10.3 Å². The number of nitrogens with zero attached hydrogens (tertiary/aromatic N) is 2. The van der Waals surface area contributed by atoms with E-state index in [2.05, 4.69) is 13.0 Å². The third-order valence-corrected chi connectivity index (χ3v) is 1.85. The molecule has 0 aliphatic carbocycles. The van der Waals surface area contributed by atoms with Crippen molar-refractivity contribution >= 4 is 0 Å². The number of hydrogen-bond donors (Lipinski definition) is 1. The zero-order valence-corrected chi connectivity index (χ0v) is 7.20. The number of nitriles is 1. The Morgan fingerprint density at radius 2 is 2.50 bits per heavy atom. The van der Waals surface area contributed by atoms with Crippen LogP contribution in [0.15, 0.2) is 18.3 Å². The monoisotopic (exact) mass is 163 g/mol. The van der Waals surface area contributed by atoms with E-state index in [1.807, 2.05) is 22.9 Å². The first-order chi connectivity index (χ1) is 5.77. The summed E-state index contributed by atoms with van der Waals surface area (Å²) in [5, 5.41) is 8.69. The first-order valence-corrected chi connectivity index (χ1v) is 4.03. The summed E-state index contributed by atoms with van der Waals surface area (Å²) in [5.41, 5.74) is 6.19. The predicted octanol–water partition coefficient (Wildman–Crippen LogP) is 0.955. The molecule has 0 radical (unpaired) electrons. The van der Waals surface area contributed by atoms with Crippen LogP contribution in [-0.4, -0.2) is 11.1 Å². The topological polar surface area (TPSA) is 54.7 Å². The maximum Gasteiger partial charge on any atom is 0.120 e. The largest absolute Gasteiger partial charge is 0.339 e. The fourth-order valence-electron chi connectivity index (χ4n) is 1.09. The van der Waals surface area contributed by atoms with Crippen molar-refractivity contribution in [2.24, 2.45) is 11.7 Å². The molecule has 0 amide bonds. The van der Waals surface area contributed by atoms with Crippen LogP contribution in [0.5, 0.6) is 0 Å². The van der Waals surface area contributed by atoms with Crippen LogP contribution in [0.1, 0.15) is 12.6 Å². The molecule has 0 aliphatic heterocycles. The summed E-state index contributed by atoms with van der Waals surface area (Å²) in [4.78, 5) is 0. The van der Waals surface area contributed by atoms with E-state index in [1.165, 1.54) is 0 Å². The second kappa shape index (κ2) is 3.93. The van der Waals surface area contributed by atoms with E-state index in [4.69, 9.17) is 11.0 Å². The Kier molecular flexibility index (Phi) is 2.89. The van der Waals surface area contributed by atoms with Gasteiger partial charge in [-0.05, 0) is 24.6 Å². The summed E-state index contributed by atoms with van der Waals surface area (Å²) in [7, 11) is 0. The Labute approximate surface area is 72.4 Å². The van der Waals surface area contributed by atoms with Crippen LogP contribution in [0.4, 0.5) is 0 Å². The molecular weight excluding hydrogens is 150 g/mol. The zero-order chi connectivity index (χ0) is 8.97. The van der Waals surface area contributed by atoms with Crippen molar-refractivity contribution in [3.8, 4) is 6.07 Å². The van der Waals surface area contributed by atoms with Gasteiger partial charge in [0.05, 0.1) is 0 Å². The van der Waals surface area contributed by atoms with Crippen molar-refractivity contribution < 1.29 is 0 Å². The molecule has 0 bridgehead atoms. The number of nitrogens with two attached hydrogens (primary N) is 1. The fourth-order valence-corrected chi connectivity index (χ4v) is 1.09. The standard InChI is InChI=1S/C9H13N3/c1-8(5-10)7-12-4-2-3-9(12)6-11/h2-4,8H,5,7,10H2,1H3. The first kappa shape index (κ1) is 8.82. The molecule has 64 valence electrons. The SMILES string of the molecule is CC(CN)Cn1cccc1C#N. The average Bonchev–Trinajstić information content (AvgIpc) is 2.51. The van der Waals surface area contributed by atoms with Gasteiger partial charge in [0, 0.05) is 12.7 Å². The fraction of sp³-hybridized carbons (Fsp3) is 0.444. The number of aromatic nitrogens is 1. The van der Waals surface area contributed by atoms with E-state index < -0.39 is 0 Å². The lowest BCUT2D eigenvalue weighted by Crippen LogP contribution is -2.17. The Morgan fingerprint density at radius 3 is 3.08 bits per heavy atom. The lowest BCUT2D eigenvalue weighted by molar-refractivity contribution is 0.490. The number of hydrogen-bond acceptors (Lipinski definition) is 2. The zero-order valence-electron chi connectivity index (χ0n) is 7.20. The van der Waals surface area contributed by atoms with Gasteiger partial charge in [-0.3, -0.25) is 0 Å². The maximum atomic E-state index is 8.69. The third-order valence-electron chi connectivity index (χ3n) is 1.85. The molecule has 0 aliphatic rings. The molecule has 1 heterocycles. The van der Waals surface area contributed by atoms with Crippen LogP contribution in [0.2, 0.25) is 0 Å². The van der Waals surface area contributed by atoms with Gasteiger partial charge in [0.1, 0.15) is 11.8 Å². The molecule has 2 N–H and O–H groups in total. The lowest BCUT2D eigenvalue weighted by Gasteiger charge is -2.09. The van der Waals surface area contributed by atoms with E-state index >= 15 is 0 Å². The summed E-state index contributed by atoms with van der Waals surface area (Å²) in [6.45, 7) is 3.55. The van der Waals surface area contributed by atoms with Crippen LogP contribution in [0, 0.1) is 17.2 Å². The van der Waals surface area contributed by atoms with E-state index in [-0.39, 0.29) is 0 Å². The highest BCUT2D eigenvalue weighted by molar-refractivity contribution is 5.21. The molecule has 0 aromatic carbocycles. The van der Waals surface area contributed by atoms with Gasteiger partial charge in [0.25, 0.3) is 0 Å². The molecular formula is C9H13N3. The predicted molar refractivity (Wildman–Crippen MR) is 47.4 cm³/mol. The van der Waals surface area contributed by atoms with Crippen molar-refractivity contribution in [3.05, 3.63) is 24.0 Å². The molecule has 1 unspecified atom stereocenters. The summed E-state index contributed by atoms with van der Waals surface area (Å²) in [6, 6.07) is 5.81. The highest BCUT2D eigenvalue weighted by Crippen LogP contribution is 2.04. The van der Waals surface area contributed by atoms with Crippen LogP contribution >= 0.6 is 0 Å². The van der Waals surface area contributed by atoms with E-state index in [0.717, 1.165) is 6.54 Å². The molecule has 0 fully saturated rings. The van der Waals surface area contributed by atoms with Gasteiger partial charge in [-0.1, -0.05) is 6.92 Å². The second-order valence-electron chi connectivity index (χ2n) is 3.00. The normalized spacial score (nSPS) is 12.4. The van der Waals surface area contributed by atoms with Crippen molar-refractivity contribution in [1.82, 2.24) is 4.57 Å². The highest BCUT2D eigenvalue weighted by Gasteiger charge is 2.03. The molecule has 0 spiro atoms. The molecule has 12 heavy (non-hydrogen) atoms. The van der Waals surface area contributed by atoms with Gasteiger partial charge >= 0.3 is 0 Å². The molecule has 3 heteroatoms. The molecule has 1 atom stereocenters. The van der Waals surface area contributed by atoms with Crippen molar-refractivity contribution in [1.29, 1.82) is 5.26 Å². The third kappa shape index (κ3) is 1.86. The van der Waals surface area contributed by atoms with Crippen molar-refractivity contribution in [2.75, 3.05) is 6.54 Å². The van der Waals surface area contributed by atoms with Crippen molar-refractivity contribution in [3.63, 3.8) is 0 Å². The van der Waals surface area contributed by atoms with E-state index in [0.29, 0.717) is 18.2 Å². The minimum Gasteiger partial charge on any atom is -0.339 e. The second-order valence-corrected chi connectivity index (χ2v) is 3.00. The molecule has 1 aromatic rings. The highest BCUT2D eigenvalue weighted by atomic mass is 15.0. The summed E-state index contributed by atoms with van der Waals surface area (Å²) >= 11 is 0. The van der Waals surface area contributed by atoms with E-state index in [1.54, 1.807) is 0 Å². The van der Waals surface area contributed by atoms with Crippen molar-refractivity contribution in [2.45, 2.75) is 13.5 Å². The molecule has 1 aromatic heterocycles. The maximum absolute atomic E-state index is 8.69. The number of rotatable bonds is 3. The Hall–Kier alpha value is -1.27. The first-order valence-electron chi connectivity index (χ1n) is 4.03. The van der Waals surface area contributed by atoms with Gasteiger partial charge in [-0.2, -0.15) is 5.26 Å². The molecule has 0 saturated carbocycles. The smallest absolute Gasteiger partial charge is 0.120 e. The quantitative estimate of drug-likeness (QED) is 0.721. The van der Waals surface area contributed by atoms with Crippen LogP contribution < -0.4 is 5.73 Å². The van der Waals surface area contributed by atoms with Gasteiger partial charge in [0.15, 0.2) is 0 Å². The lowest BCUT2D eigenvalue weighted by atomic mass is 10.2. The van der Waals surface area contributed by atoms with Crippen LogP contribution in [-0.2, 0) is 6.54 Å². The van der Waals surface area contributed by atoms with Gasteiger partial charge in [0.2, 0.25) is 0 Å². The van der Waals surface area contributed by atoms with Gasteiger partial charge in [-0.25, -0.2) is 0 Å². The molecule has 0 saturated heterocycles. The minimum absolute atomic E-state index is 0.421. The summed E-state index contributed by atoms with van der Waals surface area (Å²) in [6.07, 6.45) is 1.91. The van der Waals surface area contributed by atoms with E-state index in [9.17, 15) is 0 Å². The van der Waals surface area contributed by atoms with Crippen LogP contribution in [0.25, 0.3) is 0 Å². The van der Waals surface area contributed by atoms with Gasteiger partial charge in [-0.15, -0.1) is 0 Å². The molecule has 1 rings (SSSR count). The molecule has 3 nitrogen and oxygen atoms in total. The summed E-state index contributed by atoms with van der Waals surface area (Å²) in [5.74, 6) is 0.421.